The first-order chi connectivity index (χ1) is 16.0. The Hall–Kier alpha value is -2.64. The zero-order valence-corrected chi connectivity index (χ0v) is 19.5. The van der Waals surface area contributed by atoms with Gasteiger partial charge in [-0.15, -0.1) is 11.8 Å². The first-order valence-corrected chi connectivity index (χ1v) is 12.2. The second-order valence-electron chi connectivity index (χ2n) is 8.50. The Bertz CT molecular complexity index is 996. The van der Waals surface area contributed by atoms with E-state index in [0.29, 0.717) is 31.0 Å². The summed E-state index contributed by atoms with van der Waals surface area (Å²) >= 11 is 1.63. The number of ether oxygens (including phenoxy) is 1. The monoisotopic (exact) mass is 468 g/mol. The van der Waals surface area contributed by atoms with E-state index >= 15 is 0 Å². The molecule has 2 aromatic carbocycles. The fourth-order valence-corrected chi connectivity index (χ4v) is 5.94. The number of rotatable bonds is 7. The molecule has 1 aliphatic carbocycles. The minimum absolute atomic E-state index is 0.0234. The molecule has 2 aliphatic rings. The van der Waals surface area contributed by atoms with Crippen molar-refractivity contribution >= 4 is 29.7 Å². The lowest BCUT2D eigenvalue weighted by Gasteiger charge is -2.46. The Morgan fingerprint density at radius 1 is 1.18 bits per heavy atom. The number of methoxy groups -OCH3 is 1. The molecule has 1 saturated carbocycles. The predicted octanol–water partition coefficient (Wildman–Crippen LogP) is 4.24. The number of amides is 2. The maximum absolute atomic E-state index is 13.6. The lowest BCUT2D eigenvalue weighted by atomic mass is 9.83. The SMILES string of the molecule is COCCNC(=O)C1CCC2S/C(=C\c3ccccc3)C(=O)N(Cc3ccc(F)cc3)C2C1. The van der Waals surface area contributed by atoms with Crippen molar-refractivity contribution in [1.29, 1.82) is 0 Å². The van der Waals surface area contributed by atoms with Crippen LogP contribution in [0.5, 0.6) is 0 Å². The second-order valence-corrected chi connectivity index (χ2v) is 9.78. The van der Waals surface area contributed by atoms with Gasteiger partial charge in [-0.1, -0.05) is 42.5 Å². The van der Waals surface area contributed by atoms with E-state index in [1.807, 2.05) is 41.3 Å². The topological polar surface area (TPSA) is 58.6 Å². The average molecular weight is 469 g/mol. The zero-order chi connectivity index (χ0) is 23.2. The van der Waals surface area contributed by atoms with Gasteiger partial charge in [0.1, 0.15) is 5.82 Å². The van der Waals surface area contributed by atoms with Crippen LogP contribution in [0.25, 0.3) is 6.08 Å². The number of hydrogen-bond acceptors (Lipinski definition) is 4. The van der Waals surface area contributed by atoms with Crippen molar-refractivity contribution in [3.63, 3.8) is 0 Å². The standard InChI is InChI=1S/C26H29FN2O3S/c1-32-14-13-28-25(30)20-9-12-23-22(16-20)29(17-19-7-10-21(27)11-8-19)26(31)24(33-23)15-18-5-3-2-4-6-18/h2-8,10-11,15,20,22-23H,9,12-14,16-17H2,1H3,(H,28,30)/b24-15-. The molecule has 0 spiro atoms. The first-order valence-electron chi connectivity index (χ1n) is 11.3. The quantitative estimate of drug-likeness (QED) is 0.488. The van der Waals surface area contributed by atoms with Crippen LogP contribution in [0.1, 0.15) is 30.4 Å². The van der Waals surface area contributed by atoms with Crippen LogP contribution in [-0.4, -0.2) is 48.3 Å². The first kappa shape index (κ1) is 23.5. The van der Waals surface area contributed by atoms with Crippen LogP contribution in [0.3, 0.4) is 0 Å². The van der Waals surface area contributed by atoms with Gasteiger partial charge in [0.2, 0.25) is 5.91 Å². The van der Waals surface area contributed by atoms with Crippen molar-refractivity contribution in [2.45, 2.75) is 37.1 Å². The average Bonchev–Trinajstić information content (AvgIpc) is 2.83. The maximum Gasteiger partial charge on any atom is 0.260 e. The number of carbonyl (C=O) groups is 2. The minimum Gasteiger partial charge on any atom is -0.383 e. The molecule has 2 amide bonds. The molecule has 0 aromatic heterocycles. The molecule has 1 aliphatic heterocycles. The molecule has 0 bridgehead atoms. The van der Waals surface area contributed by atoms with Gasteiger partial charge in [-0.3, -0.25) is 9.59 Å². The van der Waals surface area contributed by atoms with Crippen molar-refractivity contribution in [3.8, 4) is 0 Å². The van der Waals surface area contributed by atoms with E-state index in [0.717, 1.165) is 24.0 Å². The lowest BCUT2D eigenvalue weighted by molar-refractivity contribution is -0.133. The fourth-order valence-electron chi connectivity index (χ4n) is 4.52. The van der Waals surface area contributed by atoms with Crippen LogP contribution < -0.4 is 5.32 Å². The summed E-state index contributed by atoms with van der Waals surface area (Å²) in [5.41, 5.74) is 1.86. The third-order valence-corrected chi connectivity index (χ3v) is 7.64. The van der Waals surface area contributed by atoms with Gasteiger partial charge in [-0.05, 0) is 48.6 Å². The fraction of sp³-hybridized carbons (Fsp3) is 0.385. The smallest absolute Gasteiger partial charge is 0.260 e. The van der Waals surface area contributed by atoms with Gasteiger partial charge in [0, 0.05) is 37.4 Å². The zero-order valence-electron chi connectivity index (χ0n) is 18.7. The molecule has 174 valence electrons. The number of halogens is 1. The van der Waals surface area contributed by atoms with Crippen molar-refractivity contribution < 1.29 is 18.7 Å². The number of hydrogen-bond donors (Lipinski definition) is 1. The summed E-state index contributed by atoms with van der Waals surface area (Å²) in [4.78, 5) is 28.9. The van der Waals surface area contributed by atoms with Gasteiger partial charge in [0.05, 0.1) is 11.5 Å². The van der Waals surface area contributed by atoms with Crippen LogP contribution in [0.2, 0.25) is 0 Å². The summed E-state index contributed by atoms with van der Waals surface area (Å²) in [6.07, 6.45) is 4.23. The van der Waals surface area contributed by atoms with Gasteiger partial charge >= 0.3 is 0 Å². The van der Waals surface area contributed by atoms with Crippen molar-refractivity contribution in [3.05, 3.63) is 76.4 Å². The largest absolute Gasteiger partial charge is 0.383 e. The van der Waals surface area contributed by atoms with Gasteiger partial charge in [-0.2, -0.15) is 0 Å². The Balaban J connectivity index is 1.57. The molecule has 1 saturated heterocycles. The summed E-state index contributed by atoms with van der Waals surface area (Å²) < 4.78 is 18.5. The third kappa shape index (κ3) is 5.84. The summed E-state index contributed by atoms with van der Waals surface area (Å²) in [5, 5.41) is 3.17. The minimum atomic E-state index is -0.299. The van der Waals surface area contributed by atoms with E-state index < -0.39 is 0 Å². The van der Waals surface area contributed by atoms with E-state index in [4.69, 9.17) is 4.74 Å². The molecule has 2 fully saturated rings. The highest BCUT2D eigenvalue weighted by molar-refractivity contribution is 8.04. The number of thioether (sulfide) groups is 1. The highest BCUT2D eigenvalue weighted by atomic mass is 32.2. The van der Waals surface area contributed by atoms with Gasteiger partial charge in [0.25, 0.3) is 5.91 Å². The Kier molecular flexibility index (Phi) is 7.83. The Labute approximate surface area is 198 Å². The van der Waals surface area contributed by atoms with Crippen molar-refractivity contribution in [2.24, 2.45) is 5.92 Å². The summed E-state index contributed by atoms with van der Waals surface area (Å²) in [6, 6.07) is 16.1. The third-order valence-electron chi connectivity index (χ3n) is 6.24. The summed E-state index contributed by atoms with van der Waals surface area (Å²) in [5.74, 6) is -0.440. The molecular formula is C26H29FN2O3S. The van der Waals surface area contributed by atoms with Crippen LogP contribution in [0.15, 0.2) is 59.5 Å². The van der Waals surface area contributed by atoms with E-state index in [1.165, 1.54) is 12.1 Å². The van der Waals surface area contributed by atoms with Gasteiger partial charge < -0.3 is 15.0 Å². The number of fused-ring (bicyclic) bond motifs is 1. The van der Waals surface area contributed by atoms with E-state index in [2.05, 4.69) is 5.32 Å². The summed E-state index contributed by atoms with van der Waals surface area (Å²) in [6.45, 7) is 1.35. The highest BCUT2D eigenvalue weighted by Gasteiger charge is 2.44. The normalized spacial score (nSPS) is 23.9. The van der Waals surface area contributed by atoms with Crippen LogP contribution in [-0.2, 0) is 20.9 Å². The molecule has 33 heavy (non-hydrogen) atoms. The molecule has 7 heteroatoms. The van der Waals surface area contributed by atoms with Crippen molar-refractivity contribution in [2.75, 3.05) is 20.3 Å². The summed E-state index contributed by atoms with van der Waals surface area (Å²) in [7, 11) is 1.61. The van der Waals surface area contributed by atoms with Gasteiger partial charge in [0.15, 0.2) is 0 Å². The molecular weight excluding hydrogens is 439 g/mol. The van der Waals surface area contributed by atoms with E-state index in [9.17, 15) is 14.0 Å². The molecule has 0 radical (unpaired) electrons. The highest BCUT2D eigenvalue weighted by Crippen LogP contribution is 2.44. The Morgan fingerprint density at radius 2 is 1.94 bits per heavy atom. The molecule has 3 atom stereocenters. The predicted molar refractivity (Wildman–Crippen MR) is 129 cm³/mol. The molecule has 4 rings (SSSR count). The van der Waals surface area contributed by atoms with E-state index in [1.54, 1.807) is 31.0 Å². The van der Waals surface area contributed by atoms with Crippen LogP contribution >= 0.6 is 11.8 Å². The van der Waals surface area contributed by atoms with Crippen LogP contribution in [0.4, 0.5) is 4.39 Å². The lowest BCUT2D eigenvalue weighted by Crippen LogP contribution is -2.53. The maximum atomic E-state index is 13.6. The van der Waals surface area contributed by atoms with Crippen molar-refractivity contribution in [1.82, 2.24) is 10.2 Å². The second kappa shape index (κ2) is 11.0. The molecule has 1 N–H and O–H groups in total. The molecule has 3 unspecified atom stereocenters. The van der Waals surface area contributed by atoms with E-state index in [-0.39, 0.29) is 34.8 Å². The number of nitrogens with one attached hydrogen (secondary N) is 1. The Morgan fingerprint density at radius 3 is 2.67 bits per heavy atom. The molecule has 2 aromatic rings. The van der Waals surface area contributed by atoms with Crippen LogP contribution in [0, 0.1) is 11.7 Å². The number of carbonyl (C=O) groups excluding carboxylic acids is 2. The molecule has 5 nitrogen and oxygen atoms in total. The number of benzene rings is 2. The molecule has 1 heterocycles. The number of nitrogens with zero attached hydrogens (tertiary/aromatic N) is 1. The van der Waals surface area contributed by atoms with Gasteiger partial charge in [-0.25, -0.2) is 4.39 Å².